The van der Waals surface area contributed by atoms with Crippen LogP contribution in [0.5, 0.6) is 11.5 Å². The van der Waals surface area contributed by atoms with Crippen LogP contribution in [0.4, 0.5) is 0 Å². The monoisotopic (exact) mass is 208 g/mol. The van der Waals surface area contributed by atoms with E-state index in [-0.39, 0.29) is 6.61 Å². The number of hydrogen-bond donors (Lipinski definition) is 1. The van der Waals surface area contributed by atoms with Crippen LogP contribution in [0.3, 0.4) is 0 Å². The average molecular weight is 208 g/mol. The smallest absolute Gasteiger partial charge is 0.123 e. The number of aliphatic hydroxyl groups excluding tert-OH is 1. The van der Waals surface area contributed by atoms with Gasteiger partial charge in [0.25, 0.3) is 0 Å². The third-order valence-electron chi connectivity index (χ3n) is 2.20. The molecule has 82 valence electrons. The second-order valence-electron chi connectivity index (χ2n) is 3.17. The lowest BCUT2D eigenvalue weighted by Crippen LogP contribution is -1.90. The molecule has 1 rings (SSSR count). The first kappa shape index (κ1) is 11.6. The predicted octanol–water partition coefficient (Wildman–Crippen LogP) is 2.10. The van der Waals surface area contributed by atoms with Gasteiger partial charge in [0.1, 0.15) is 11.5 Å². The molecule has 0 fully saturated rings. The van der Waals surface area contributed by atoms with Crippen LogP contribution in [-0.2, 0) is 0 Å². The van der Waals surface area contributed by atoms with Crippen molar-refractivity contribution < 1.29 is 14.6 Å². The van der Waals surface area contributed by atoms with E-state index < -0.39 is 0 Å². The van der Waals surface area contributed by atoms with Gasteiger partial charge in [-0.05, 0) is 30.2 Å². The summed E-state index contributed by atoms with van der Waals surface area (Å²) in [6.45, 7) is 1.97. The highest BCUT2D eigenvalue weighted by atomic mass is 16.5. The number of benzene rings is 1. The maximum atomic E-state index is 8.81. The van der Waals surface area contributed by atoms with Crippen molar-refractivity contribution in [3.05, 3.63) is 29.8 Å². The Hall–Kier alpha value is -1.48. The minimum atomic E-state index is 0.0331. The van der Waals surface area contributed by atoms with E-state index >= 15 is 0 Å². The van der Waals surface area contributed by atoms with Crippen molar-refractivity contribution in [2.75, 3.05) is 20.8 Å². The molecular formula is C12H16O3. The molecule has 1 aromatic rings. The van der Waals surface area contributed by atoms with Crippen molar-refractivity contribution in [3.63, 3.8) is 0 Å². The predicted molar refractivity (Wildman–Crippen MR) is 60.3 cm³/mol. The Bertz CT molecular complexity index is 334. The van der Waals surface area contributed by atoms with Crippen molar-refractivity contribution in [2.45, 2.75) is 6.92 Å². The molecule has 0 amide bonds. The van der Waals surface area contributed by atoms with Gasteiger partial charge in [-0.1, -0.05) is 6.08 Å². The van der Waals surface area contributed by atoms with Gasteiger partial charge in [-0.2, -0.15) is 0 Å². The molecule has 0 aromatic heterocycles. The van der Waals surface area contributed by atoms with Gasteiger partial charge in [0.15, 0.2) is 0 Å². The topological polar surface area (TPSA) is 38.7 Å². The van der Waals surface area contributed by atoms with Crippen LogP contribution in [0.15, 0.2) is 24.3 Å². The summed E-state index contributed by atoms with van der Waals surface area (Å²) in [6.07, 6.45) is 1.74. The van der Waals surface area contributed by atoms with E-state index in [0.29, 0.717) is 0 Å². The Morgan fingerprint density at radius 1 is 1.20 bits per heavy atom. The molecule has 0 aliphatic carbocycles. The van der Waals surface area contributed by atoms with Gasteiger partial charge < -0.3 is 14.6 Å². The summed E-state index contributed by atoms with van der Waals surface area (Å²) in [4.78, 5) is 0. The Morgan fingerprint density at radius 2 is 1.73 bits per heavy atom. The number of aliphatic hydroxyl groups is 1. The molecule has 1 N–H and O–H groups in total. The number of ether oxygens (including phenoxy) is 2. The van der Waals surface area contributed by atoms with E-state index in [2.05, 4.69) is 0 Å². The second-order valence-corrected chi connectivity index (χ2v) is 3.17. The first-order chi connectivity index (χ1) is 7.21. The van der Waals surface area contributed by atoms with Gasteiger partial charge in [0.2, 0.25) is 0 Å². The number of hydrogen-bond acceptors (Lipinski definition) is 3. The molecule has 15 heavy (non-hydrogen) atoms. The van der Waals surface area contributed by atoms with Crippen molar-refractivity contribution in [1.82, 2.24) is 0 Å². The Kier molecular flexibility index (Phi) is 4.18. The summed E-state index contributed by atoms with van der Waals surface area (Å²) >= 11 is 0. The minimum absolute atomic E-state index is 0.0331. The molecule has 0 atom stereocenters. The molecule has 3 nitrogen and oxygen atoms in total. The van der Waals surface area contributed by atoms with Gasteiger partial charge in [-0.3, -0.25) is 0 Å². The van der Waals surface area contributed by atoms with Gasteiger partial charge >= 0.3 is 0 Å². The quantitative estimate of drug-likeness (QED) is 0.823. The van der Waals surface area contributed by atoms with Crippen LogP contribution in [0, 0.1) is 0 Å². The zero-order valence-electron chi connectivity index (χ0n) is 9.28. The van der Waals surface area contributed by atoms with Gasteiger partial charge in [0.05, 0.1) is 20.8 Å². The largest absolute Gasteiger partial charge is 0.497 e. The molecule has 3 heteroatoms. The molecule has 0 saturated carbocycles. The Morgan fingerprint density at radius 3 is 2.13 bits per heavy atom. The highest BCUT2D eigenvalue weighted by Crippen LogP contribution is 2.26. The molecule has 0 saturated heterocycles. The van der Waals surface area contributed by atoms with Gasteiger partial charge in [-0.25, -0.2) is 0 Å². The lowest BCUT2D eigenvalue weighted by atomic mass is 10.1. The summed E-state index contributed by atoms with van der Waals surface area (Å²) in [5.74, 6) is 1.49. The molecule has 0 heterocycles. The number of allylic oxidation sites excluding steroid dienone is 1. The standard InChI is InChI=1S/C12H16O3/c1-9(4-5-13)10-6-11(14-2)8-12(7-10)15-3/h4,6-8,13H,5H2,1-3H3/b9-4-. The average Bonchev–Trinajstić information content (AvgIpc) is 2.28. The fourth-order valence-electron chi connectivity index (χ4n) is 1.29. The fourth-order valence-corrected chi connectivity index (χ4v) is 1.29. The van der Waals surface area contributed by atoms with E-state index in [1.54, 1.807) is 20.3 Å². The SMILES string of the molecule is COc1cc(OC)cc(/C(C)=C\CO)c1. The molecule has 0 aliphatic heterocycles. The van der Waals surface area contributed by atoms with Crippen LogP contribution >= 0.6 is 0 Å². The zero-order valence-corrected chi connectivity index (χ0v) is 9.28. The number of methoxy groups -OCH3 is 2. The third-order valence-corrected chi connectivity index (χ3v) is 2.20. The van der Waals surface area contributed by atoms with Crippen molar-refractivity contribution in [3.8, 4) is 11.5 Å². The van der Waals surface area contributed by atoms with E-state index in [4.69, 9.17) is 14.6 Å². The first-order valence-electron chi connectivity index (χ1n) is 4.72. The number of rotatable bonds is 4. The minimum Gasteiger partial charge on any atom is -0.497 e. The van der Waals surface area contributed by atoms with Crippen LogP contribution in [0.1, 0.15) is 12.5 Å². The van der Waals surface area contributed by atoms with E-state index in [1.165, 1.54) is 0 Å². The highest BCUT2D eigenvalue weighted by Gasteiger charge is 2.02. The van der Waals surface area contributed by atoms with Gasteiger partial charge in [0, 0.05) is 6.07 Å². The van der Waals surface area contributed by atoms with Crippen molar-refractivity contribution >= 4 is 5.57 Å². The molecule has 0 radical (unpaired) electrons. The zero-order chi connectivity index (χ0) is 11.3. The lowest BCUT2D eigenvalue weighted by molar-refractivity contribution is 0.343. The molecule has 0 bridgehead atoms. The van der Waals surface area contributed by atoms with Gasteiger partial charge in [-0.15, -0.1) is 0 Å². The fraction of sp³-hybridized carbons (Fsp3) is 0.333. The first-order valence-corrected chi connectivity index (χ1v) is 4.72. The summed E-state index contributed by atoms with van der Waals surface area (Å²) in [7, 11) is 3.23. The maximum Gasteiger partial charge on any atom is 0.123 e. The van der Waals surface area contributed by atoms with E-state index in [9.17, 15) is 0 Å². The normalized spacial score (nSPS) is 11.3. The molecular weight excluding hydrogens is 192 g/mol. The molecule has 0 unspecified atom stereocenters. The second kappa shape index (κ2) is 5.41. The lowest BCUT2D eigenvalue weighted by Gasteiger charge is -2.08. The van der Waals surface area contributed by atoms with Crippen molar-refractivity contribution in [1.29, 1.82) is 0 Å². The van der Waals surface area contributed by atoms with Crippen LogP contribution in [0.2, 0.25) is 0 Å². The van der Waals surface area contributed by atoms with Crippen LogP contribution in [-0.4, -0.2) is 25.9 Å². The maximum absolute atomic E-state index is 8.81. The molecule has 1 aromatic carbocycles. The summed E-state index contributed by atoms with van der Waals surface area (Å²) in [5.41, 5.74) is 1.98. The molecule has 0 spiro atoms. The van der Waals surface area contributed by atoms with Crippen molar-refractivity contribution in [2.24, 2.45) is 0 Å². The van der Waals surface area contributed by atoms with E-state index in [1.807, 2.05) is 25.1 Å². The Balaban J connectivity index is 3.12. The summed E-state index contributed by atoms with van der Waals surface area (Å²) in [6, 6.07) is 5.63. The van der Waals surface area contributed by atoms with E-state index in [0.717, 1.165) is 22.6 Å². The third kappa shape index (κ3) is 2.99. The van der Waals surface area contributed by atoms with Crippen LogP contribution in [0.25, 0.3) is 5.57 Å². The summed E-state index contributed by atoms with van der Waals surface area (Å²) in [5, 5.41) is 8.81. The van der Waals surface area contributed by atoms with Crippen LogP contribution < -0.4 is 9.47 Å². The Labute approximate surface area is 90.0 Å². The molecule has 0 aliphatic rings. The summed E-state index contributed by atoms with van der Waals surface area (Å²) < 4.78 is 10.3. The highest BCUT2D eigenvalue weighted by molar-refractivity contribution is 5.66.